The van der Waals surface area contributed by atoms with Crippen LogP contribution in [-0.2, 0) is 16.1 Å². The molecule has 1 aliphatic heterocycles. The summed E-state index contributed by atoms with van der Waals surface area (Å²) in [5.41, 5.74) is 6.90. The van der Waals surface area contributed by atoms with Crippen molar-refractivity contribution in [1.29, 1.82) is 0 Å². The summed E-state index contributed by atoms with van der Waals surface area (Å²) in [7, 11) is 0. The van der Waals surface area contributed by atoms with Crippen LogP contribution in [0.15, 0.2) is 28.9 Å². The first-order chi connectivity index (χ1) is 11.5. The van der Waals surface area contributed by atoms with E-state index < -0.39 is 5.92 Å². The summed E-state index contributed by atoms with van der Waals surface area (Å²) >= 11 is 0. The maximum Gasteiger partial charge on any atom is 0.243 e. The van der Waals surface area contributed by atoms with E-state index in [0.29, 0.717) is 24.8 Å². The zero-order valence-electron chi connectivity index (χ0n) is 13.6. The van der Waals surface area contributed by atoms with Crippen LogP contribution in [0.25, 0.3) is 0 Å². The van der Waals surface area contributed by atoms with Crippen molar-refractivity contribution >= 4 is 17.8 Å². The van der Waals surface area contributed by atoms with Crippen LogP contribution in [0, 0.1) is 19.8 Å². The first-order valence-electron chi connectivity index (χ1n) is 7.69. The van der Waals surface area contributed by atoms with E-state index in [9.17, 15) is 9.59 Å². The Morgan fingerprint density at radius 1 is 1.38 bits per heavy atom. The molecule has 0 saturated carbocycles. The van der Waals surface area contributed by atoms with Gasteiger partial charge in [0.15, 0.2) is 0 Å². The fourth-order valence-corrected chi connectivity index (χ4v) is 2.69. The second kappa shape index (κ2) is 6.69. The predicted octanol–water partition coefficient (Wildman–Crippen LogP) is 1.18. The molecular weight excluding hydrogens is 310 g/mol. The number of amides is 2. The SMILES string of the molecule is Cc1cc(C)nc(NNC(=O)[C@@H]2CC(=O)N(Cc3ccco3)C2)n1. The highest BCUT2D eigenvalue weighted by atomic mass is 16.3. The number of aromatic nitrogens is 2. The topological polar surface area (TPSA) is 100 Å². The quantitative estimate of drug-likeness (QED) is 0.799. The highest BCUT2D eigenvalue weighted by molar-refractivity contribution is 5.89. The lowest BCUT2D eigenvalue weighted by Crippen LogP contribution is -2.37. The van der Waals surface area contributed by atoms with Crippen molar-refractivity contribution in [2.75, 3.05) is 12.0 Å². The number of likely N-dealkylation sites (tertiary alicyclic amines) is 1. The van der Waals surface area contributed by atoms with Crippen LogP contribution in [0.3, 0.4) is 0 Å². The number of aryl methyl sites for hydroxylation is 2. The van der Waals surface area contributed by atoms with Gasteiger partial charge in [0.05, 0.1) is 18.7 Å². The highest BCUT2D eigenvalue weighted by Gasteiger charge is 2.34. The lowest BCUT2D eigenvalue weighted by molar-refractivity contribution is -0.129. The first kappa shape index (κ1) is 16.0. The predicted molar refractivity (Wildman–Crippen MR) is 85.5 cm³/mol. The molecule has 2 amide bonds. The van der Waals surface area contributed by atoms with E-state index >= 15 is 0 Å². The third-order valence-electron chi connectivity index (χ3n) is 3.79. The third-order valence-corrected chi connectivity index (χ3v) is 3.79. The van der Waals surface area contributed by atoms with Gasteiger partial charge >= 0.3 is 0 Å². The summed E-state index contributed by atoms with van der Waals surface area (Å²) in [6.45, 7) is 4.44. The Hall–Kier alpha value is -2.90. The summed E-state index contributed by atoms with van der Waals surface area (Å²) in [6.07, 6.45) is 1.75. The molecule has 126 valence electrons. The number of rotatable bonds is 5. The van der Waals surface area contributed by atoms with Crippen LogP contribution in [0.4, 0.5) is 5.95 Å². The van der Waals surface area contributed by atoms with Crippen molar-refractivity contribution in [2.45, 2.75) is 26.8 Å². The number of anilines is 1. The molecule has 0 bridgehead atoms. The van der Waals surface area contributed by atoms with E-state index in [2.05, 4.69) is 20.8 Å². The van der Waals surface area contributed by atoms with Crippen LogP contribution >= 0.6 is 0 Å². The van der Waals surface area contributed by atoms with E-state index in [-0.39, 0.29) is 18.2 Å². The molecule has 0 aliphatic carbocycles. The first-order valence-corrected chi connectivity index (χ1v) is 7.69. The van der Waals surface area contributed by atoms with Gasteiger partial charge in [0.2, 0.25) is 17.8 Å². The zero-order chi connectivity index (χ0) is 17.1. The number of hydrogen-bond acceptors (Lipinski definition) is 6. The normalized spacial score (nSPS) is 17.2. The second-order valence-electron chi connectivity index (χ2n) is 5.84. The molecule has 8 nitrogen and oxygen atoms in total. The minimum absolute atomic E-state index is 0.0609. The van der Waals surface area contributed by atoms with Gasteiger partial charge in [-0.2, -0.15) is 0 Å². The molecule has 0 spiro atoms. The van der Waals surface area contributed by atoms with Crippen molar-refractivity contribution in [3.63, 3.8) is 0 Å². The number of carbonyl (C=O) groups excluding carboxylic acids is 2. The number of carbonyl (C=O) groups is 2. The molecule has 8 heteroatoms. The van der Waals surface area contributed by atoms with Crippen molar-refractivity contribution in [3.05, 3.63) is 41.6 Å². The smallest absolute Gasteiger partial charge is 0.243 e. The van der Waals surface area contributed by atoms with E-state index in [4.69, 9.17) is 4.42 Å². The van der Waals surface area contributed by atoms with Crippen molar-refractivity contribution < 1.29 is 14.0 Å². The van der Waals surface area contributed by atoms with Crippen LogP contribution < -0.4 is 10.9 Å². The van der Waals surface area contributed by atoms with E-state index in [1.807, 2.05) is 19.9 Å². The maximum absolute atomic E-state index is 12.3. The Balaban J connectivity index is 1.55. The maximum atomic E-state index is 12.3. The van der Waals surface area contributed by atoms with E-state index in [0.717, 1.165) is 11.4 Å². The fourth-order valence-electron chi connectivity index (χ4n) is 2.69. The molecule has 0 aromatic carbocycles. The van der Waals surface area contributed by atoms with Gasteiger partial charge in [-0.05, 0) is 32.0 Å². The monoisotopic (exact) mass is 329 g/mol. The summed E-state index contributed by atoms with van der Waals surface area (Å²) in [6, 6.07) is 5.42. The minimum atomic E-state index is -0.411. The molecule has 0 radical (unpaired) electrons. The Labute approximate surface area is 139 Å². The van der Waals surface area contributed by atoms with Crippen molar-refractivity contribution in [2.24, 2.45) is 5.92 Å². The summed E-state index contributed by atoms with van der Waals surface area (Å²) < 4.78 is 5.24. The van der Waals surface area contributed by atoms with Crippen LogP contribution in [-0.4, -0.2) is 33.2 Å². The third kappa shape index (κ3) is 3.70. The molecule has 2 aromatic heterocycles. The molecule has 1 atom stereocenters. The van der Waals surface area contributed by atoms with Crippen molar-refractivity contribution in [1.82, 2.24) is 20.3 Å². The summed E-state index contributed by atoms with van der Waals surface area (Å²) in [5.74, 6) is 0.303. The summed E-state index contributed by atoms with van der Waals surface area (Å²) in [4.78, 5) is 34.3. The number of nitrogens with zero attached hydrogens (tertiary/aromatic N) is 3. The molecule has 2 aromatic rings. The molecule has 24 heavy (non-hydrogen) atoms. The molecule has 2 N–H and O–H groups in total. The zero-order valence-corrected chi connectivity index (χ0v) is 13.6. The van der Waals surface area contributed by atoms with E-state index in [1.54, 1.807) is 23.3 Å². The Morgan fingerprint density at radius 2 is 2.12 bits per heavy atom. The average molecular weight is 329 g/mol. The van der Waals surface area contributed by atoms with Gasteiger partial charge in [-0.25, -0.2) is 9.97 Å². The second-order valence-corrected chi connectivity index (χ2v) is 5.84. The lowest BCUT2D eigenvalue weighted by Gasteiger charge is -2.15. The highest BCUT2D eigenvalue weighted by Crippen LogP contribution is 2.20. The number of hydrazine groups is 1. The number of hydrogen-bond donors (Lipinski definition) is 2. The average Bonchev–Trinajstić information content (AvgIpc) is 3.15. The van der Waals surface area contributed by atoms with Gasteiger partial charge in [-0.15, -0.1) is 0 Å². The molecule has 1 fully saturated rings. The summed E-state index contributed by atoms with van der Waals surface area (Å²) in [5, 5.41) is 0. The van der Waals surface area contributed by atoms with Crippen molar-refractivity contribution in [3.8, 4) is 0 Å². The molecular formula is C16H19N5O3. The van der Waals surface area contributed by atoms with Crippen LogP contribution in [0.1, 0.15) is 23.6 Å². The Morgan fingerprint density at radius 3 is 2.79 bits per heavy atom. The fraction of sp³-hybridized carbons (Fsp3) is 0.375. The van der Waals surface area contributed by atoms with Crippen LogP contribution in [0.5, 0.6) is 0 Å². The van der Waals surface area contributed by atoms with Crippen LogP contribution in [0.2, 0.25) is 0 Å². The van der Waals surface area contributed by atoms with E-state index in [1.165, 1.54) is 0 Å². The lowest BCUT2D eigenvalue weighted by atomic mass is 10.1. The van der Waals surface area contributed by atoms with Gasteiger partial charge in [0, 0.05) is 24.4 Å². The van der Waals surface area contributed by atoms with Gasteiger partial charge in [0.25, 0.3) is 0 Å². The van der Waals surface area contributed by atoms with Gasteiger partial charge in [-0.3, -0.25) is 20.4 Å². The molecule has 1 aliphatic rings. The standard InChI is InChI=1S/C16H19N5O3/c1-10-6-11(2)18-16(17-10)20-19-15(23)12-7-14(22)21(8-12)9-13-4-3-5-24-13/h3-6,12H,7-9H2,1-2H3,(H,19,23)(H,17,18,20)/t12-/m1/s1. The van der Waals surface area contributed by atoms with Gasteiger partial charge < -0.3 is 9.32 Å². The minimum Gasteiger partial charge on any atom is -0.467 e. The number of nitrogens with one attached hydrogen (secondary N) is 2. The number of furan rings is 1. The Kier molecular flexibility index (Phi) is 4.45. The molecule has 3 rings (SSSR count). The molecule has 1 saturated heterocycles. The largest absolute Gasteiger partial charge is 0.467 e. The van der Waals surface area contributed by atoms with Gasteiger partial charge in [-0.1, -0.05) is 0 Å². The molecule has 0 unspecified atom stereocenters. The Bertz CT molecular complexity index is 724. The van der Waals surface area contributed by atoms with Gasteiger partial charge in [0.1, 0.15) is 5.76 Å². The molecule has 3 heterocycles.